The molecule has 0 saturated carbocycles. The number of fused-ring (bicyclic) bond motifs is 1. The lowest BCUT2D eigenvalue weighted by atomic mass is 9.94. The summed E-state index contributed by atoms with van der Waals surface area (Å²) in [6, 6.07) is 3.89. The lowest BCUT2D eigenvalue weighted by Gasteiger charge is -2.13. The van der Waals surface area contributed by atoms with Crippen molar-refractivity contribution in [3.63, 3.8) is 0 Å². The van der Waals surface area contributed by atoms with Gasteiger partial charge >= 0.3 is 0 Å². The molecular weight excluding hydrogens is 326 g/mol. The van der Waals surface area contributed by atoms with E-state index in [0.717, 1.165) is 42.1 Å². The van der Waals surface area contributed by atoms with Crippen molar-refractivity contribution >= 4 is 5.82 Å². The summed E-state index contributed by atoms with van der Waals surface area (Å²) in [4.78, 5) is 18.1. The molecular formula is C20H23N5O. The molecule has 0 spiro atoms. The number of oxazole rings is 1. The fraction of sp³-hybridized carbons (Fsp3) is 0.400. The van der Waals surface area contributed by atoms with Gasteiger partial charge in [-0.25, -0.2) is 15.0 Å². The largest absolute Gasteiger partial charge is 0.443 e. The Bertz CT molecular complexity index is 912. The number of rotatable bonds is 4. The van der Waals surface area contributed by atoms with E-state index in [9.17, 15) is 0 Å². The lowest BCUT2D eigenvalue weighted by Crippen LogP contribution is -2.09. The van der Waals surface area contributed by atoms with E-state index < -0.39 is 0 Å². The molecule has 0 fully saturated rings. The first kappa shape index (κ1) is 16.7. The second kappa shape index (κ2) is 6.52. The SMILES string of the molecule is CC(C)(C)c1cnc(CNc2nc(-c3cccnc3)nc3c2CCC3)o1. The minimum Gasteiger partial charge on any atom is -0.443 e. The van der Waals surface area contributed by atoms with Crippen molar-refractivity contribution in [3.8, 4) is 11.4 Å². The third-order valence-electron chi connectivity index (χ3n) is 4.55. The molecule has 1 N–H and O–H groups in total. The molecule has 0 bridgehead atoms. The summed E-state index contributed by atoms with van der Waals surface area (Å²) < 4.78 is 5.88. The Hall–Kier alpha value is -2.76. The van der Waals surface area contributed by atoms with Gasteiger partial charge in [0, 0.05) is 34.6 Å². The summed E-state index contributed by atoms with van der Waals surface area (Å²) in [5.74, 6) is 3.15. The second-order valence-corrected chi connectivity index (χ2v) is 7.64. The molecule has 3 aromatic heterocycles. The molecule has 4 rings (SSSR count). The van der Waals surface area contributed by atoms with Crippen LogP contribution in [-0.2, 0) is 24.8 Å². The number of aryl methyl sites for hydroxylation is 1. The Labute approximate surface area is 153 Å². The van der Waals surface area contributed by atoms with Crippen molar-refractivity contribution in [3.05, 3.63) is 53.6 Å². The van der Waals surface area contributed by atoms with Gasteiger partial charge in [0.2, 0.25) is 5.89 Å². The Morgan fingerprint density at radius 3 is 2.77 bits per heavy atom. The topological polar surface area (TPSA) is 76.7 Å². The fourth-order valence-corrected chi connectivity index (χ4v) is 3.10. The third-order valence-corrected chi connectivity index (χ3v) is 4.55. The Kier molecular flexibility index (Phi) is 4.18. The summed E-state index contributed by atoms with van der Waals surface area (Å²) in [5, 5.41) is 3.41. The van der Waals surface area contributed by atoms with Crippen molar-refractivity contribution in [1.29, 1.82) is 0 Å². The molecule has 6 nitrogen and oxygen atoms in total. The molecule has 0 aromatic carbocycles. The van der Waals surface area contributed by atoms with Crippen LogP contribution in [0.2, 0.25) is 0 Å². The molecule has 0 unspecified atom stereocenters. The Balaban J connectivity index is 1.60. The minimum atomic E-state index is -0.0467. The fourth-order valence-electron chi connectivity index (χ4n) is 3.10. The number of hydrogen-bond acceptors (Lipinski definition) is 6. The van der Waals surface area contributed by atoms with Crippen LogP contribution in [0.1, 0.15) is 50.1 Å². The van der Waals surface area contributed by atoms with Crippen molar-refractivity contribution in [1.82, 2.24) is 19.9 Å². The van der Waals surface area contributed by atoms with E-state index >= 15 is 0 Å². The monoisotopic (exact) mass is 349 g/mol. The average Bonchev–Trinajstić information content (AvgIpc) is 3.29. The van der Waals surface area contributed by atoms with Crippen LogP contribution in [0.5, 0.6) is 0 Å². The predicted molar refractivity (Wildman–Crippen MR) is 99.8 cm³/mol. The number of aromatic nitrogens is 4. The Morgan fingerprint density at radius 2 is 2.04 bits per heavy atom. The maximum absolute atomic E-state index is 5.88. The van der Waals surface area contributed by atoms with E-state index in [1.807, 2.05) is 18.3 Å². The molecule has 1 aliphatic rings. The highest BCUT2D eigenvalue weighted by Gasteiger charge is 2.22. The quantitative estimate of drug-likeness (QED) is 0.769. The molecule has 0 radical (unpaired) electrons. The Morgan fingerprint density at radius 1 is 1.15 bits per heavy atom. The first-order valence-corrected chi connectivity index (χ1v) is 9.00. The molecule has 0 aliphatic heterocycles. The minimum absolute atomic E-state index is 0.0467. The summed E-state index contributed by atoms with van der Waals surface area (Å²) in [6.45, 7) is 6.85. The van der Waals surface area contributed by atoms with Gasteiger partial charge in [-0.05, 0) is 31.4 Å². The average molecular weight is 349 g/mol. The molecule has 0 atom stereocenters. The van der Waals surface area contributed by atoms with Crippen LogP contribution in [0.25, 0.3) is 11.4 Å². The highest BCUT2D eigenvalue weighted by Crippen LogP contribution is 2.29. The van der Waals surface area contributed by atoms with Crippen molar-refractivity contribution in [2.75, 3.05) is 5.32 Å². The van der Waals surface area contributed by atoms with E-state index in [4.69, 9.17) is 14.4 Å². The zero-order valence-corrected chi connectivity index (χ0v) is 15.4. The number of pyridine rings is 1. The molecule has 3 aromatic rings. The van der Waals surface area contributed by atoms with Crippen LogP contribution in [0.15, 0.2) is 35.1 Å². The number of anilines is 1. The van der Waals surface area contributed by atoms with Crippen LogP contribution in [0.3, 0.4) is 0 Å². The maximum atomic E-state index is 5.88. The van der Waals surface area contributed by atoms with E-state index in [-0.39, 0.29) is 5.41 Å². The number of hydrogen-bond donors (Lipinski definition) is 1. The van der Waals surface area contributed by atoms with Gasteiger partial charge in [0.25, 0.3) is 0 Å². The van der Waals surface area contributed by atoms with Gasteiger partial charge in [0.1, 0.15) is 11.6 Å². The van der Waals surface area contributed by atoms with Crippen LogP contribution >= 0.6 is 0 Å². The van der Waals surface area contributed by atoms with Crippen molar-refractivity contribution in [2.24, 2.45) is 0 Å². The molecule has 0 amide bonds. The number of nitrogens with one attached hydrogen (secondary N) is 1. The molecule has 1 aliphatic carbocycles. The van der Waals surface area contributed by atoms with Gasteiger partial charge in [-0.15, -0.1) is 0 Å². The molecule has 26 heavy (non-hydrogen) atoms. The molecule has 6 heteroatoms. The first-order chi connectivity index (χ1) is 12.5. The standard InChI is InChI=1S/C20H23N5O/c1-20(2,3)16-11-22-17(26-16)12-23-19-14-7-4-8-15(14)24-18(25-19)13-6-5-9-21-10-13/h5-6,9-11H,4,7-8,12H2,1-3H3,(H,23,24,25). The van der Waals surface area contributed by atoms with Crippen molar-refractivity contribution in [2.45, 2.75) is 52.0 Å². The van der Waals surface area contributed by atoms with E-state index in [2.05, 4.69) is 36.1 Å². The van der Waals surface area contributed by atoms with Gasteiger partial charge in [-0.2, -0.15) is 0 Å². The van der Waals surface area contributed by atoms with E-state index in [1.165, 1.54) is 5.56 Å². The summed E-state index contributed by atoms with van der Waals surface area (Å²) >= 11 is 0. The highest BCUT2D eigenvalue weighted by molar-refractivity contribution is 5.59. The normalized spacial score (nSPS) is 13.7. The lowest BCUT2D eigenvalue weighted by molar-refractivity contribution is 0.385. The summed E-state index contributed by atoms with van der Waals surface area (Å²) in [7, 11) is 0. The summed E-state index contributed by atoms with van der Waals surface area (Å²) in [5.41, 5.74) is 3.22. The molecule has 0 saturated heterocycles. The zero-order chi connectivity index (χ0) is 18.1. The van der Waals surface area contributed by atoms with Gasteiger partial charge in [0.15, 0.2) is 5.82 Å². The van der Waals surface area contributed by atoms with Crippen LogP contribution in [0, 0.1) is 0 Å². The molecule has 3 heterocycles. The number of nitrogens with zero attached hydrogens (tertiary/aromatic N) is 4. The van der Waals surface area contributed by atoms with E-state index in [1.54, 1.807) is 12.4 Å². The van der Waals surface area contributed by atoms with Crippen molar-refractivity contribution < 1.29 is 4.42 Å². The van der Waals surface area contributed by atoms with Gasteiger partial charge < -0.3 is 9.73 Å². The highest BCUT2D eigenvalue weighted by atomic mass is 16.4. The maximum Gasteiger partial charge on any atom is 0.213 e. The van der Waals surface area contributed by atoms with Crippen LogP contribution in [-0.4, -0.2) is 19.9 Å². The summed E-state index contributed by atoms with van der Waals surface area (Å²) in [6.07, 6.45) is 8.47. The van der Waals surface area contributed by atoms with Gasteiger partial charge in [0.05, 0.1) is 12.7 Å². The van der Waals surface area contributed by atoms with Gasteiger partial charge in [-0.1, -0.05) is 20.8 Å². The second-order valence-electron chi connectivity index (χ2n) is 7.64. The van der Waals surface area contributed by atoms with E-state index in [0.29, 0.717) is 18.3 Å². The first-order valence-electron chi connectivity index (χ1n) is 9.00. The van der Waals surface area contributed by atoms with Crippen LogP contribution < -0.4 is 5.32 Å². The van der Waals surface area contributed by atoms with Crippen LogP contribution in [0.4, 0.5) is 5.82 Å². The third kappa shape index (κ3) is 3.31. The molecule has 134 valence electrons. The van der Waals surface area contributed by atoms with Gasteiger partial charge in [-0.3, -0.25) is 4.98 Å². The zero-order valence-electron chi connectivity index (χ0n) is 15.4. The predicted octanol–water partition coefficient (Wildman–Crippen LogP) is 3.92. The smallest absolute Gasteiger partial charge is 0.213 e.